The molecule has 0 saturated heterocycles. The van der Waals surface area contributed by atoms with Gasteiger partial charge in [-0.2, -0.15) is 0 Å². The lowest BCUT2D eigenvalue weighted by molar-refractivity contribution is -0.124. The van der Waals surface area contributed by atoms with Gasteiger partial charge in [-0.05, 0) is 38.8 Å². The Bertz CT molecular complexity index is 376. The first-order valence-corrected chi connectivity index (χ1v) is 6.30. The van der Waals surface area contributed by atoms with Crippen molar-refractivity contribution in [2.24, 2.45) is 11.5 Å². The first-order chi connectivity index (χ1) is 8.47. The number of nitrogens with one attached hydrogen (secondary N) is 1. The number of amides is 1. The van der Waals surface area contributed by atoms with E-state index in [0.29, 0.717) is 13.0 Å². The third-order valence-electron chi connectivity index (χ3n) is 2.99. The van der Waals surface area contributed by atoms with E-state index in [0.717, 1.165) is 12.0 Å². The van der Waals surface area contributed by atoms with Gasteiger partial charge in [0.1, 0.15) is 0 Å². The summed E-state index contributed by atoms with van der Waals surface area (Å²) < 4.78 is 0. The highest BCUT2D eigenvalue weighted by Gasteiger charge is 2.25. The highest BCUT2D eigenvalue weighted by molar-refractivity contribution is 5.82. The Morgan fingerprint density at radius 2 is 1.94 bits per heavy atom. The molecule has 1 atom stereocenters. The molecule has 0 aliphatic heterocycles. The number of carbonyl (C=O) groups excluding carboxylic acids is 1. The molecule has 1 amide bonds. The number of hydrogen-bond donors (Lipinski definition) is 3. The van der Waals surface area contributed by atoms with Gasteiger partial charge in [-0.1, -0.05) is 30.3 Å². The van der Waals surface area contributed by atoms with Crippen LogP contribution in [0.4, 0.5) is 0 Å². The zero-order chi connectivity index (χ0) is 13.6. The van der Waals surface area contributed by atoms with Crippen LogP contribution in [0.3, 0.4) is 0 Å². The van der Waals surface area contributed by atoms with E-state index in [4.69, 9.17) is 11.5 Å². The third-order valence-corrected chi connectivity index (χ3v) is 2.99. The first kappa shape index (κ1) is 14.7. The lowest BCUT2D eigenvalue weighted by atomic mass is 9.93. The SMILES string of the molecule is CC(C)(NC(=O)[C@H](N)CCCN)c1ccccc1. The van der Waals surface area contributed by atoms with Crippen LogP contribution in [-0.2, 0) is 10.3 Å². The predicted octanol–water partition coefficient (Wildman–Crippen LogP) is 1.10. The normalized spacial score (nSPS) is 13.1. The van der Waals surface area contributed by atoms with Crippen molar-refractivity contribution < 1.29 is 4.79 Å². The van der Waals surface area contributed by atoms with Gasteiger partial charge in [-0.3, -0.25) is 4.79 Å². The molecule has 0 aliphatic carbocycles. The second-order valence-electron chi connectivity index (χ2n) is 5.02. The van der Waals surface area contributed by atoms with Crippen molar-refractivity contribution in [2.45, 2.75) is 38.3 Å². The molecule has 0 aromatic heterocycles. The van der Waals surface area contributed by atoms with E-state index in [1.54, 1.807) is 0 Å². The minimum absolute atomic E-state index is 0.127. The average Bonchev–Trinajstić information content (AvgIpc) is 2.36. The van der Waals surface area contributed by atoms with Crippen LogP contribution in [0.2, 0.25) is 0 Å². The van der Waals surface area contributed by atoms with Crippen molar-refractivity contribution in [2.75, 3.05) is 6.54 Å². The Morgan fingerprint density at radius 1 is 1.33 bits per heavy atom. The van der Waals surface area contributed by atoms with Crippen molar-refractivity contribution in [1.82, 2.24) is 5.32 Å². The second-order valence-corrected chi connectivity index (χ2v) is 5.02. The number of carbonyl (C=O) groups is 1. The molecule has 0 heterocycles. The molecule has 0 fully saturated rings. The van der Waals surface area contributed by atoms with Crippen molar-refractivity contribution in [3.8, 4) is 0 Å². The van der Waals surface area contributed by atoms with E-state index >= 15 is 0 Å². The monoisotopic (exact) mass is 249 g/mol. The lowest BCUT2D eigenvalue weighted by Crippen LogP contribution is -2.49. The number of hydrogen-bond acceptors (Lipinski definition) is 3. The maximum Gasteiger partial charge on any atom is 0.237 e. The average molecular weight is 249 g/mol. The minimum atomic E-state index is -0.489. The van der Waals surface area contributed by atoms with E-state index in [1.807, 2.05) is 44.2 Å². The summed E-state index contributed by atoms with van der Waals surface area (Å²) in [6.07, 6.45) is 1.38. The van der Waals surface area contributed by atoms with Gasteiger partial charge < -0.3 is 16.8 Å². The molecule has 0 bridgehead atoms. The van der Waals surface area contributed by atoms with E-state index < -0.39 is 11.6 Å². The molecule has 1 aromatic carbocycles. The maximum atomic E-state index is 12.0. The van der Waals surface area contributed by atoms with Gasteiger partial charge in [-0.15, -0.1) is 0 Å². The molecule has 5 N–H and O–H groups in total. The fourth-order valence-electron chi connectivity index (χ4n) is 1.80. The quantitative estimate of drug-likeness (QED) is 0.706. The Balaban J connectivity index is 2.63. The van der Waals surface area contributed by atoms with Gasteiger partial charge in [0.2, 0.25) is 5.91 Å². The molecule has 0 unspecified atom stereocenters. The molecular weight excluding hydrogens is 226 g/mol. The van der Waals surface area contributed by atoms with Gasteiger partial charge in [-0.25, -0.2) is 0 Å². The first-order valence-electron chi connectivity index (χ1n) is 6.30. The van der Waals surface area contributed by atoms with Crippen LogP contribution in [-0.4, -0.2) is 18.5 Å². The molecule has 0 aliphatic rings. The van der Waals surface area contributed by atoms with Crippen LogP contribution >= 0.6 is 0 Å². The van der Waals surface area contributed by atoms with Crippen LogP contribution in [0.1, 0.15) is 32.3 Å². The van der Waals surface area contributed by atoms with Crippen molar-refractivity contribution in [1.29, 1.82) is 0 Å². The Hall–Kier alpha value is -1.39. The van der Waals surface area contributed by atoms with Crippen LogP contribution < -0.4 is 16.8 Å². The largest absolute Gasteiger partial charge is 0.346 e. The molecule has 4 heteroatoms. The van der Waals surface area contributed by atoms with Crippen molar-refractivity contribution >= 4 is 5.91 Å². The topological polar surface area (TPSA) is 81.1 Å². The van der Waals surface area contributed by atoms with E-state index in [1.165, 1.54) is 0 Å². The molecule has 4 nitrogen and oxygen atoms in total. The zero-order valence-electron chi connectivity index (χ0n) is 11.1. The summed E-state index contributed by atoms with van der Waals surface area (Å²) in [6.45, 7) is 4.49. The Morgan fingerprint density at radius 3 is 2.50 bits per heavy atom. The molecule has 0 saturated carbocycles. The maximum absolute atomic E-state index is 12.0. The molecule has 1 aromatic rings. The molecule has 18 heavy (non-hydrogen) atoms. The van der Waals surface area contributed by atoms with Crippen LogP contribution in [0.15, 0.2) is 30.3 Å². The molecule has 0 radical (unpaired) electrons. The van der Waals surface area contributed by atoms with E-state index in [9.17, 15) is 4.79 Å². The highest BCUT2D eigenvalue weighted by Crippen LogP contribution is 2.19. The molecule has 100 valence electrons. The fourth-order valence-corrected chi connectivity index (χ4v) is 1.80. The number of nitrogens with two attached hydrogens (primary N) is 2. The van der Waals surface area contributed by atoms with Gasteiger partial charge in [0.25, 0.3) is 0 Å². The van der Waals surface area contributed by atoms with Gasteiger partial charge in [0.05, 0.1) is 11.6 Å². The van der Waals surface area contributed by atoms with E-state index in [2.05, 4.69) is 5.32 Å². The van der Waals surface area contributed by atoms with Gasteiger partial charge >= 0.3 is 0 Å². The smallest absolute Gasteiger partial charge is 0.237 e. The molecule has 1 rings (SSSR count). The third kappa shape index (κ3) is 4.13. The number of rotatable bonds is 6. The Kier molecular flexibility index (Phi) is 5.31. The van der Waals surface area contributed by atoms with Crippen LogP contribution in [0.25, 0.3) is 0 Å². The summed E-state index contributed by atoms with van der Waals surface area (Å²) in [7, 11) is 0. The minimum Gasteiger partial charge on any atom is -0.346 e. The highest BCUT2D eigenvalue weighted by atomic mass is 16.2. The second kappa shape index (κ2) is 6.52. The van der Waals surface area contributed by atoms with Gasteiger partial charge in [0, 0.05) is 0 Å². The summed E-state index contributed by atoms with van der Waals surface area (Å²) >= 11 is 0. The van der Waals surface area contributed by atoms with Crippen molar-refractivity contribution in [3.05, 3.63) is 35.9 Å². The zero-order valence-corrected chi connectivity index (χ0v) is 11.1. The molecule has 0 spiro atoms. The number of benzene rings is 1. The standard InChI is InChI=1S/C14H23N3O/c1-14(2,11-7-4-3-5-8-11)17-13(18)12(16)9-6-10-15/h3-5,7-8,12H,6,9-10,15-16H2,1-2H3,(H,17,18)/t12-/m1/s1. The van der Waals surface area contributed by atoms with Crippen molar-refractivity contribution in [3.63, 3.8) is 0 Å². The lowest BCUT2D eigenvalue weighted by Gasteiger charge is -2.28. The summed E-state index contributed by atoms with van der Waals surface area (Å²) in [5.74, 6) is -0.127. The van der Waals surface area contributed by atoms with Crippen LogP contribution in [0.5, 0.6) is 0 Å². The summed E-state index contributed by atoms with van der Waals surface area (Å²) in [6, 6.07) is 9.36. The van der Waals surface area contributed by atoms with Gasteiger partial charge in [0.15, 0.2) is 0 Å². The Labute approximate surface area is 109 Å². The summed E-state index contributed by atoms with van der Waals surface area (Å²) in [4.78, 5) is 12.0. The summed E-state index contributed by atoms with van der Waals surface area (Å²) in [5.41, 5.74) is 11.9. The molecular formula is C14H23N3O. The fraction of sp³-hybridized carbons (Fsp3) is 0.500. The summed E-state index contributed by atoms with van der Waals surface area (Å²) in [5, 5.41) is 2.98. The predicted molar refractivity (Wildman–Crippen MR) is 73.9 cm³/mol. The van der Waals surface area contributed by atoms with Crippen LogP contribution in [0, 0.1) is 0 Å². The van der Waals surface area contributed by atoms with E-state index in [-0.39, 0.29) is 5.91 Å².